The van der Waals surface area contributed by atoms with Crippen LogP contribution in [0.2, 0.25) is 0 Å². The van der Waals surface area contributed by atoms with E-state index in [0.29, 0.717) is 5.92 Å². The molecule has 2 aliphatic rings. The molecule has 0 saturated heterocycles. The highest BCUT2D eigenvalue weighted by molar-refractivity contribution is 6.28. The zero-order valence-corrected chi connectivity index (χ0v) is 28.8. The van der Waals surface area contributed by atoms with Crippen LogP contribution < -0.4 is 4.57 Å². The SMILES string of the molecule is C=CC1=NC(=C)CC2C(CCc3cc4c(cc31)c1c(C)cc(C)c3c5cc6c(cc5n4c13)oc1ccccc16)c1ccccc1-c1cccc[n+]12. The molecule has 0 N–H and O–H groups in total. The first-order valence-corrected chi connectivity index (χ1v) is 18.0. The van der Waals surface area contributed by atoms with Gasteiger partial charge in [-0.15, -0.1) is 0 Å². The Morgan fingerprint density at radius 2 is 1.55 bits per heavy atom. The van der Waals surface area contributed by atoms with Crippen LogP contribution in [0.15, 0.2) is 138 Å². The zero-order chi connectivity index (χ0) is 34.1. The van der Waals surface area contributed by atoms with Gasteiger partial charge in [0.2, 0.25) is 5.69 Å². The number of para-hydroxylation sites is 1. The number of fused-ring (bicyclic) bond motifs is 16. The Balaban J connectivity index is 1.19. The first kappa shape index (κ1) is 28.8. The quantitative estimate of drug-likeness (QED) is 0.162. The van der Waals surface area contributed by atoms with Crippen molar-refractivity contribution in [2.45, 2.75) is 45.1 Å². The third-order valence-electron chi connectivity index (χ3n) is 11.9. The Kier molecular flexibility index (Phi) is 5.80. The molecule has 51 heavy (non-hydrogen) atoms. The topological polar surface area (TPSA) is 33.8 Å². The monoisotopic (exact) mass is 658 g/mol. The minimum absolute atomic E-state index is 0.225. The molecule has 5 aromatic carbocycles. The van der Waals surface area contributed by atoms with Crippen molar-refractivity contribution in [1.82, 2.24) is 4.40 Å². The number of benzene rings is 5. The first-order valence-electron chi connectivity index (χ1n) is 18.0. The minimum Gasteiger partial charge on any atom is -0.456 e. The number of allylic oxidation sites excluding steroid dienone is 2. The minimum atomic E-state index is 0.225. The Labute approximate surface area is 295 Å². The lowest BCUT2D eigenvalue weighted by atomic mass is 9.77. The van der Waals surface area contributed by atoms with E-state index in [0.717, 1.165) is 52.8 Å². The smallest absolute Gasteiger partial charge is 0.213 e. The van der Waals surface area contributed by atoms with Crippen LogP contribution in [0.25, 0.3) is 71.3 Å². The van der Waals surface area contributed by atoms with E-state index < -0.39 is 0 Å². The summed E-state index contributed by atoms with van der Waals surface area (Å²) in [4.78, 5) is 5.24. The molecule has 4 heteroatoms. The molecule has 2 aliphatic heterocycles. The van der Waals surface area contributed by atoms with Gasteiger partial charge in [-0.25, -0.2) is 0 Å². The van der Waals surface area contributed by atoms with Gasteiger partial charge in [0.15, 0.2) is 12.2 Å². The van der Waals surface area contributed by atoms with Crippen molar-refractivity contribution in [3.63, 3.8) is 0 Å². The predicted octanol–water partition coefficient (Wildman–Crippen LogP) is 11.5. The predicted molar refractivity (Wildman–Crippen MR) is 211 cm³/mol. The standard InChI is InChI=1S/C47H36N3O/c1-5-38-34-23-36-41(22-29(34)17-18-32-30-12-6-7-13-31(30)39-15-10-11-19-49(39)40(32)21-28(4)48-38)50-42-25-44-35(33-14-8-9-16-43(33)51-44)24-37(42)46-27(3)20-26(2)45(36)47(46)50/h5-16,19-20,22-25,32,40H,1,4,17-18,21H2,2-3H3/q+1. The molecule has 0 saturated carbocycles. The Hall–Kier alpha value is -6.00. The molecule has 11 rings (SSSR count). The Morgan fingerprint density at radius 1 is 0.784 bits per heavy atom. The van der Waals surface area contributed by atoms with Gasteiger partial charge in [-0.1, -0.05) is 55.6 Å². The number of furan rings is 1. The summed E-state index contributed by atoms with van der Waals surface area (Å²) in [6.07, 6.45) is 6.88. The molecule has 2 atom stereocenters. The summed E-state index contributed by atoms with van der Waals surface area (Å²) in [7, 11) is 0. The molecule has 2 unspecified atom stereocenters. The largest absolute Gasteiger partial charge is 0.456 e. The van der Waals surface area contributed by atoms with Crippen molar-refractivity contribution in [1.29, 1.82) is 0 Å². The van der Waals surface area contributed by atoms with E-state index in [2.05, 4.69) is 133 Å². The molecule has 0 spiro atoms. The third-order valence-corrected chi connectivity index (χ3v) is 11.9. The summed E-state index contributed by atoms with van der Waals surface area (Å²) in [6, 6.07) is 35.9. The van der Waals surface area contributed by atoms with Gasteiger partial charge in [-0.2, -0.15) is 4.57 Å². The number of hydrogen-bond donors (Lipinski definition) is 0. The highest BCUT2D eigenvalue weighted by Crippen LogP contribution is 2.47. The van der Waals surface area contributed by atoms with Crippen LogP contribution in [-0.4, -0.2) is 10.1 Å². The molecule has 0 fully saturated rings. The number of hydrogen-bond acceptors (Lipinski definition) is 2. The van der Waals surface area contributed by atoms with Crippen LogP contribution in [0.4, 0.5) is 0 Å². The average molecular weight is 659 g/mol. The molecule has 4 aromatic heterocycles. The van der Waals surface area contributed by atoms with Crippen LogP contribution in [0.5, 0.6) is 0 Å². The van der Waals surface area contributed by atoms with E-state index in [1.807, 2.05) is 12.1 Å². The summed E-state index contributed by atoms with van der Waals surface area (Å²) in [5.74, 6) is 0.321. The van der Waals surface area contributed by atoms with Crippen molar-refractivity contribution in [2.75, 3.05) is 0 Å². The maximum atomic E-state index is 6.45. The maximum Gasteiger partial charge on any atom is 0.213 e. The number of aromatic nitrogens is 2. The number of aliphatic imine (C=N–C) groups is 1. The van der Waals surface area contributed by atoms with Crippen molar-refractivity contribution in [3.8, 4) is 11.3 Å². The molecular weight excluding hydrogens is 623 g/mol. The zero-order valence-electron chi connectivity index (χ0n) is 28.8. The molecule has 4 nitrogen and oxygen atoms in total. The highest BCUT2D eigenvalue weighted by atomic mass is 16.3. The Bertz CT molecular complexity index is 3020. The fourth-order valence-electron chi connectivity index (χ4n) is 9.85. The fourth-order valence-corrected chi connectivity index (χ4v) is 9.85. The molecule has 0 amide bonds. The van der Waals surface area contributed by atoms with E-state index in [1.54, 1.807) is 0 Å². The van der Waals surface area contributed by atoms with Crippen molar-refractivity contribution < 1.29 is 8.98 Å². The van der Waals surface area contributed by atoms with E-state index >= 15 is 0 Å². The average Bonchev–Trinajstić information content (AvgIpc) is 3.79. The van der Waals surface area contributed by atoms with Crippen LogP contribution >= 0.6 is 0 Å². The van der Waals surface area contributed by atoms with Gasteiger partial charge >= 0.3 is 0 Å². The van der Waals surface area contributed by atoms with Crippen LogP contribution in [0.1, 0.15) is 52.6 Å². The lowest BCUT2D eigenvalue weighted by Gasteiger charge is -2.31. The van der Waals surface area contributed by atoms with Gasteiger partial charge in [0.05, 0.1) is 28.7 Å². The van der Waals surface area contributed by atoms with Gasteiger partial charge < -0.3 is 8.82 Å². The molecule has 244 valence electrons. The van der Waals surface area contributed by atoms with Crippen LogP contribution in [-0.2, 0) is 6.42 Å². The van der Waals surface area contributed by atoms with Gasteiger partial charge in [-0.3, -0.25) is 4.99 Å². The third kappa shape index (κ3) is 3.85. The highest BCUT2D eigenvalue weighted by Gasteiger charge is 2.40. The number of nitrogens with zero attached hydrogens (tertiary/aromatic N) is 3. The van der Waals surface area contributed by atoms with Crippen molar-refractivity contribution >= 4 is 65.7 Å². The molecule has 0 aliphatic carbocycles. The number of rotatable bonds is 1. The van der Waals surface area contributed by atoms with Gasteiger partial charge in [0.1, 0.15) is 11.2 Å². The van der Waals surface area contributed by atoms with Crippen molar-refractivity contribution in [2.24, 2.45) is 4.99 Å². The number of aryl methyl sites for hydroxylation is 3. The second-order valence-electron chi connectivity index (χ2n) is 14.7. The van der Waals surface area contributed by atoms with Crippen LogP contribution in [0, 0.1) is 13.8 Å². The number of pyridine rings is 1. The van der Waals surface area contributed by atoms with Crippen LogP contribution in [0.3, 0.4) is 0 Å². The van der Waals surface area contributed by atoms with E-state index in [4.69, 9.17) is 9.41 Å². The van der Waals surface area contributed by atoms with E-state index in [-0.39, 0.29) is 6.04 Å². The normalized spacial score (nSPS) is 17.6. The second-order valence-corrected chi connectivity index (χ2v) is 14.7. The summed E-state index contributed by atoms with van der Waals surface area (Å²) >= 11 is 0. The summed E-state index contributed by atoms with van der Waals surface area (Å²) in [5.41, 5.74) is 16.4. The molecule has 0 bridgehead atoms. The van der Waals surface area contributed by atoms with Gasteiger partial charge in [0.25, 0.3) is 0 Å². The summed E-state index contributed by atoms with van der Waals surface area (Å²) in [6.45, 7) is 13.3. The lowest BCUT2D eigenvalue weighted by Crippen LogP contribution is -2.47. The fraction of sp³-hybridized carbons (Fsp3) is 0.149. The van der Waals surface area contributed by atoms with Gasteiger partial charge in [-0.05, 0) is 91.4 Å². The summed E-state index contributed by atoms with van der Waals surface area (Å²) in [5, 5.41) is 7.47. The van der Waals surface area contributed by atoms with E-state index in [9.17, 15) is 0 Å². The molecule has 6 heterocycles. The maximum absolute atomic E-state index is 6.45. The molecule has 0 radical (unpaired) electrons. The molecule has 9 aromatic rings. The second kappa shape index (κ2) is 10.3. The first-order chi connectivity index (χ1) is 25.0. The van der Waals surface area contributed by atoms with Gasteiger partial charge in [0, 0.05) is 73.3 Å². The lowest BCUT2D eigenvalue weighted by molar-refractivity contribution is -0.718. The molecular formula is C47H36N3O+. The Morgan fingerprint density at radius 3 is 2.41 bits per heavy atom. The summed E-state index contributed by atoms with van der Waals surface area (Å²) < 4.78 is 11.4. The van der Waals surface area contributed by atoms with Crippen molar-refractivity contribution in [3.05, 3.63) is 156 Å². The van der Waals surface area contributed by atoms with E-state index in [1.165, 1.54) is 77.0 Å².